The molecule has 1 heterocycles. The largest absolute Gasteiger partial charge is 0.481 e. The monoisotopic (exact) mass is 558 g/mol. The van der Waals surface area contributed by atoms with Crippen molar-refractivity contribution in [2.75, 3.05) is 25.6 Å². The first-order chi connectivity index (χ1) is 16.1. The van der Waals surface area contributed by atoms with Crippen LogP contribution >= 0.6 is 27.7 Å². The van der Waals surface area contributed by atoms with E-state index in [1.54, 1.807) is 12.1 Å². The summed E-state index contributed by atoms with van der Waals surface area (Å²) in [6, 6.07) is 6.13. The molecule has 3 amide bonds. The summed E-state index contributed by atoms with van der Waals surface area (Å²) in [5.74, 6) is -6.77. The molecule has 0 radical (unpaired) electrons. The Morgan fingerprint density at radius 1 is 1.15 bits per heavy atom. The lowest BCUT2D eigenvalue weighted by atomic mass is 10.2. The Morgan fingerprint density at radius 2 is 1.88 bits per heavy atom. The van der Waals surface area contributed by atoms with Crippen LogP contribution in [0, 0.1) is 17.5 Å². The minimum absolute atomic E-state index is 0.0203. The van der Waals surface area contributed by atoms with Crippen LogP contribution in [-0.2, 0) is 19.1 Å². The number of carbonyl (C=O) groups excluding carboxylic acids is 4. The molecule has 0 saturated carbocycles. The topological polar surface area (TPSA) is 102 Å². The molecular weight excluding hydrogens is 545 g/mol. The lowest BCUT2D eigenvalue weighted by molar-refractivity contribution is -0.143. The van der Waals surface area contributed by atoms with Gasteiger partial charge in [-0.3, -0.25) is 19.3 Å². The van der Waals surface area contributed by atoms with E-state index >= 15 is 0 Å². The number of amides is 3. The fraction of sp³-hybridized carbons (Fsp3) is 0.143. The minimum atomic E-state index is -1.76. The molecule has 2 aromatic rings. The zero-order valence-electron chi connectivity index (χ0n) is 17.2. The van der Waals surface area contributed by atoms with Crippen molar-refractivity contribution in [3.8, 4) is 5.75 Å². The second kappa shape index (κ2) is 10.7. The molecule has 0 bridgehead atoms. The van der Waals surface area contributed by atoms with Crippen LogP contribution in [0.3, 0.4) is 0 Å². The first-order valence-corrected chi connectivity index (χ1v) is 10.9. The minimum Gasteiger partial charge on any atom is -0.481 e. The molecule has 1 aliphatic heterocycles. The van der Waals surface area contributed by atoms with Gasteiger partial charge < -0.3 is 14.8 Å². The number of ether oxygens (including phenoxy) is 2. The highest BCUT2D eigenvalue weighted by atomic mass is 79.9. The van der Waals surface area contributed by atoms with Gasteiger partial charge in [-0.1, -0.05) is 6.07 Å². The van der Waals surface area contributed by atoms with Gasteiger partial charge >= 0.3 is 5.97 Å². The number of halogens is 4. The molecule has 1 saturated heterocycles. The molecule has 0 aromatic heterocycles. The molecule has 1 aliphatic rings. The second-order valence-electron chi connectivity index (χ2n) is 6.59. The Bertz CT molecular complexity index is 1220. The number of hydrogen-bond acceptors (Lipinski definition) is 7. The zero-order chi connectivity index (χ0) is 25.0. The third-order valence-corrected chi connectivity index (χ3v) is 5.84. The van der Waals surface area contributed by atoms with Gasteiger partial charge in [-0.15, -0.1) is 0 Å². The quantitative estimate of drug-likeness (QED) is 0.310. The second-order valence-corrected chi connectivity index (χ2v) is 8.44. The van der Waals surface area contributed by atoms with E-state index in [4.69, 9.17) is 4.74 Å². The molecule has 34 heavy (non-hydrogen) atoms. The number of nitrogens with one attached hydrogen (secondary N) is 1. The number of anilines is 1. The van der Waals surface area contributed by atoms with Gasteiger partial charge in [0.05, 0.1) is 22.2 Å². The average Bonchev–Trinajstić information content (AvgIpc) is 3.05. The van der Waals surface area contributed by atoms with Gasteiger partial charge in [-0.05, 0) is 63.6 Å². The average molecular weight is 559 g/mol. The van der Waals surface area contributed by atoms with Gasteiger partial charge in [0.2, 0.25) is 5.91 Å². The van der Waals surface area contributed by atoms with E-state index < -0.39 is 52.7 Å². The highest BCUT2D eigenvalue weighted by Crippen LogP contribution is 2.34. The SMILES string of the molecule is COC(=O)COc1ccc(/C=C2/SC(=O)N(CC(=O)Nc3ccc(F)c(F)c3F)C2=O)cc1Br. The first kappa shape index (κ1) is 25.3. The fourth-order valence-electron chi connectivity index (χ4n) is 2.66. The van der Waals surface area contributed by atoms with Crippen molar-refractivity contribution < 1.29 is 41.8 Å². The lowest BCUT2D eigenvalue weighted by Crippen LogP contribution is -2.36. The van der Waals surface area contributed by atoms with Crippen LogP contribution in [0.1, 0.15) is 5.56 Å². The van der Waals surface area contributed by atoms with Crippen LogP contribution in [-0.4, -0.2) is 48.2 Å². The van der Waals surface area contributed by atoms with Gasteiger partial charge in [0.15, 0.2) is 24.1 Å². The van der Waals surface area contributed by atoms with E-state index in [2.05, 4.69) is 20.7 Å². The number of hydrogen-bond donors (Lipinski definition) is 1. The molecule has 3 rings (SSSR count). The maximum absolute atomic E-state index is 13.7. The number of esters is 1. The highest BCUT2D eigenvalue weighted by Gasteiger charge is 2.36. The molecule has 8 nitrogen and oxygen atoms in total. The van der Waals surface area contributed by atoms with Crippen molar-refractivity contribution in [3.05, 3.63) is 62.7 Å². The standard InChI is InChI=1S/C21H14BrF3N2O6S/c1-32-17(29)9-33-14-5-2-10(6-11(14)22)7-15-20(30)27(21(31)34-15)8-16(28)26-13-4-3-12(23)18(24)19(13)25/h2-7H,8-9H2,1H3,(H,26,28)/b15-7+. The van der Waals surface area contributed by atoms with Crippen molar-refractivity contribution in [1.82, 2.24) is 4.90 Å². The zero-order valence-corrected chi connectivity index (χ0v) is 19.6. The van der Waals surface area contributed by atoms with E-state index in [-0.39, 0.29) is 11.5 Å². The molecule has 0 spiro atoms. The van der Waals surface area contributed by atoms with E-state index in [0.29, 0.717) is 38.5 Å². The van der Waals surface area contributed by atoms with Crippen molar-refractivity contribution in [2.24, 2.45) is 0 Å². The van der Waals surface area contributed by atoms with Gasteiger partial charge in [-0.25, -0.2) is 18.0 Å². The molecular formula is C21H14BrF3N2O6S. The number of imide groups is 1. The summed E-state index contributed by atoms with van der Waals surface area (Å²) in [7, 11) is 1.22. The Kier molecular flexibility index (Phi) is 7.99. The summed E-state index contributed by atoms with van der Waals surface area (Å²) in [5, 5.41) is 1.26. The summed E-state index contributed by atoms with van der Waals surface area (Å²) in [6.45, 7) is -1.06. The Morgan fingerprint density at radius 3 is 2.56 bits per heavy atom. The van der Waals surface area contributed by atoms with Crippen LogP contribution in [0.4, 0.5) is 23.7 Å². The predicted molar refractivity (Wildman–Crippen MR) is 119 cm³/mol. The molecule has 2 aromatic carbocycles. The maximum atomic E-state index is 13.7. The third-order valence-electron chi connectivity index (χ3n) is 4.31. The third kappa shape index (κ3) is 5.78. The molecule has 0 atom stereocenters. The number of carbonyl (C=O) groups is 4. The molecule has 178 valence electrons. The van der Waals surface area contributed by atoms with E-state index in [9.17, 15) is 32.3 Å². The van der Waals surface area contributed by atoms with Crippen LogP contribution in [0.25, 0.3) is 6.08 Å². The summed E-state index contributed by atoms with van der Waals surface area (Å²) < 4.78 is 50.3. The Labute approximate surface area is 203 Å². The summed E-state index contributed by atoms with van der Waals surface area (Å²) in [6.07, 6.45) is 1.41. The van der Waals surface area contributed by atoms with Crippen molar-refractivity contribution in [2.45, 2.75) is 0 Å². The number of nitrogens with zero attached hydrogens (tertiary/aromatic N) is 1. The number of methoxy groups -OCH3 is 1. The van der Waals surface area contributed by atoms with Crippen LogP contribution in [0.2, 0.25) is 0 Å². The Hall–Kier alpha value is -3.32. The van der Waals surface area contributed by atoms with Crippen LogP contribution < -0.4 is 10.1 Å². The summed E-state index contributed by atoms with van der Waals surface area (Å²) in [4.78, 5) is 48.8. The molecule has 0 unspecified atom stereocenters. The fourth-order valence-corrected chi connectivity index (χ4v) is 4.01. The number of benzene rings is 2. The summed E-state index contributed by atoms with van der Waals surface area (Å²) >= 11 is 3.86. The van der Waals surface area contributed by atoms with Crippen molar-refractivity contribution >= 4 is 62.5 Å². The predicted octanol–water partition coefficient (Wildman–Crippen LogP) is 4.09. The lowest BCUT2D eigenvalue weighted by Gasteiger charge is -2.13. The van der Waals surface area contributed by atoms with E-state index in [0.717, 1.165) is 6.07 Å². The van der Waals surface area contributed by atoms with E-state index in [1.165, 1.54) is 19.3 Å². The van der Waals surface area contributed by atoms with E-state index in [1.807, 2.05) is 5.32 Å². The smallest absolute Gasteiger partial charge is 0.343 e. The van der Waals surface area contributed by atoms with Gasteiger partial charge in [0.1, 0.15) is 12.3 Å². The molecule has 1 fully saturated rings. The van der Waals surface area contributed by atoms with Crippen molar-refractivity contribution in [3.63, 3.8) is 0 Å². The normalized spacial score (nSPS) is 14.5. The molecule has 1 N–H and O–H groups in total. The number of thioether (sulfide) groups is 1. The van der Waals surface area contributed by atoms with Crippen LogP contribution in [0.5, 0.6) is 5.75 Å². The van der Waals surface area contributed by atoms with Gasteiger partial charge in [0, 0.05) is 0 Å². The Balaban J connectivity index is 1.68. The molecule has 13 heteroatoms. The highest BCUT2D eigenvalue weighted by molar-refractivity contribution is 9.10. The summed E-state index contributed by atoms with van der Waals surface area (Å²) in [5.41, 5.74) is -0.123. The first-order valence-electron chi connectivity index (χ1n) is 9.28. The van der Waals surface area contributed by atoms with Crippen molar-refractivity contribution in [1.29, 1.82) is 0 Å². The maximum Gasteiger partial charge on any atom is 0.343 e. The van der Waals surface area contributed by atoms with Gasteiger partial charge in [0.25, 0.3) is 11.1 Å². The van der Waals surface area contributed by atoms with Gasteiger partial charge in [-0.2, -0.15) is 0 Å². The number of rotatable bonds is 7. The molecule has 0 aliphatic carbocycles. The van der Waals surface area contributed by atoms with Crippen LogP contribution in [0.15, 0.2) is 39.7 Å².